The van der Waals surface area contributed by atoms with E-state index in [1.807, 2.05) is 28.1 Å². The molecule has 0 unspecified atom stereocenters. The number of carbonyl (C=O) groups excluding carboxylic acids is 1. The Labute approximate surface area is 122 Å². The molecule has 1 aromatic heterocycles. The lowest BCUT2D eigenvalue weighted by Gasteiger charge is -2.19. The van der Waals surface area contributed by atoms with E-state index in [-0.39, 0.29) is 12.5 Å². The Hall–Kier alpha value is -0.960. The maximum atomic E-state index is 12.5. The second kappa shape index (κ2) is 7.59. The molecule has 2 rings (SSSR count). The molecule has 0 aliphatic carbocycles. The van der Waals surface area contributed by atoms with Gasteiger partial charge in [-0.2, -0.15) is 11.8 Å². The van der Waals surface area contributed by atoms with Crippen LogP contribution in [-0.2, 0) is 0 Å². The number of rotatable bonds is 2. The van der Waals surface area contributed by atoms with Crippen LogP contribution in [0.3, 0.4) is 0 Å². The van der Waals surface area contributed by atoms with Crippen LogP contribution in [0.1, 0.15) is 28.1 Å². The second-order valence-corrected chi connectivity index (χ2v) is 6.34. The van der Waals surface area contributed by atoms with E-state index in [4.69, 9.17) is 5.11 Å². The molecular weight excluding hydrogens is 278 g/mol. The molecule has 1 amide bonds. The Kier molecular flexibility index (Phi) is 5.77. The number of thiophene rings is 1. The van der Waals surface area contributed by atoms with Crippen molar-refractivity contribution in [2.45, 2.75) is 12.8 Å². The van der Waals surface area contributed by atoms with Crippen molar-refractivity contribution in [3.63, 3.8) is 0 Å². The lowest BCUT2D eigenvalue weighted by molar-refractivity contribution is 0.0773. The summed E-state index contributed by atoms with van der Waals surface area (Å²) in [4.78, 5) is 15.1. The van der Waals surface area contributed by atoms with E-state index in [0.717, 1.165) is 41.5 Å². The first-order valence-corrected chi connectivity index (χ1v) is 8.40. The molecule has 3 nitrogen and oxygen atoms in total. The summed E-state index contributed by atoms with van der Waals surface area (Å²) < 4.78 is 0. The fourth-order valence-corrected chi connectivity index (χ4v) is 3.58. The maximum Gasteiger partial charge on any atom is 0.265 e. The third-order valence-corrected chi connectivity index (χ3v) is 4.78. The van der Waals surface area contributed by atoms with Gasteiger partial charge in [-0.15, -0.1) is 11.3 Å². The first-order valence-electron chi connectivity index (χ1n) is 6.37. The highest BCUT2D eigenvalue weighted by molar-refractivity contribution is 7.99. The quantitative estimate of drug-likeness (QED) is 0.849. The van der Waals surface area contributed by atoms with E-state index in [2.05, 4.69) is 11.8 Å². The van der Waals surface area contributed by atoms with Crippen molar-refractivity contribution in [1.82, 2.24) is 4.90 Å². The van der Waals surface area contributed by atoms with Gasteiger partial charge in [-0.3, -0.25) is 4.79 Å². The molecule has 0 saturated carbocycles. The van der Waals surface area contributed by atoms with E-state index < -0.39 is 0 Å². The van der Waals surface area contributed by atoms with Crippen LogP contribution in [0.15, 0.2) is 11.4 Å². The molecule has 1 saturated heterocycles. The molecule has 0 radical (unpaired) electrons. The van der Waals surface area contributed by atoms with Crippen LogP contribution in [0.4, 0.5) is 0 Å². The zero-order valence-electron chi connectivity index (χ0n) is 10.7. The van der Waals surface area contributed by atoms with Gasteiger partial charge in [-0.1, -0.05) is 11.8 Å². The van der Waals surface area contributed by atoms with Gasteiger partial charge in [0.2, 0.25) is 0 Å². The highest BCUT2D eigenvalue weighted by Crippen LogP contribution is 2.20. The van der Waals surface area contributed by atoms with Crippen molar-refractivity contribution < 1.29 is 9.90 Å². The minimum absolute atomic E-state index is 0.0593. The van der Waals surface area contributed by atoms with Gasteiger partial charge >= 0.3 is 0 Å². The standard InChI is InChI=1S/C14H17NO2S2/c16-8-2-1-4-12-5-10-19-13(12)14(17)15-6-3-9-18-11-7-15/h5,10,16H,2-3,6-9,11H2. The molecular formula is C14H17NO2S2. The molecule has 102 valence electrons. The van der Waals surface area contributed by atoms with E-state index in [1.165, 1.54) is 11.3 Å². The number of hydrogen-bond acceptors (Lipinski definition) is 4. The molecule has 1 aliphatic rings. The normalized spacial score (nSPS) is 15.5. The molecule has 1 aliphatic heterocycles. The number of amides is 1. The van der Waals surface area contributed by atoms with Crippen molar-refractivity contribution in [3.8, 4) is 11.8 Å². The van der Waals surface area contributed by atoms with E-state index >= 15 is 0 Å². The largest absolute Gasteiger partial charge is 0.395 e. The summed E-state index contributed by atoms with van der Waals surface area (Å²) in [6.07, 6.45) is 1.51. The zero-order chi connectivity index (χ0) is 13.5. The van der Waals surface area contributed by atoms with E-state index in [0.29, 0.717) is 6.42 Å². The summed E-state index contributed by atoms with van der Waals surface area (Å²) >= 11 is 3.36. The highest BCUT2D eigenvalue weighted by Gasteiger charge is 2.20. The van der Waals surface area contributed by atoms with Crippen LogP contribution in [-0.4, -0.2) is 47.1 Å². The monoisotopic (exact) mass is 295 g/mol. The lowest BCUT2D eigenvalue weighted by atomic mass is 10.2. The summed E-state index contributed by atoms with van der Waals surface area (Å²) in [5.74, 6) is 8.11. The SMILES string of the molecule is O=C(c1sccc1C#CCCO)N1CCCSCC1. The van der Waals surface area contributed by atoms with Gasteiger partial charge < -0.3 is 10.0 Å². The molecule has 19 heavy (non-hydrogen) atoms. The molecule has 0 bridgehead atoms. The average Bonchev–Trinajstić information content (AvgIpc) is 2.72. The summed E-state index contributed by atoms with van der Waals surface area (Å²) in [5.41, 5.74) is 0.792. The first-order chi connectivity index (χ1) is 9.33. The van der Waals surface area contributed by atoms with Gasteiger partial charge in [0, 0.05) is 30.8 Å². The van der Waals surface area contributed by atoms with Gasteiger partial charge in [0.25, 0.3) is 5.91 Å². The number of thioether (sulfide) groups is 1. The summed E-state index contributed by atoms with van der Waals surface area (Å²) in [6.45, 7) is 1.72. The molecule has 1 fully saturated rings. The fourth-order valence-electron chi connectivity index (χ4n) is 1.88. The highest BCUT2D eigenvalue weighted by atomic mass is 32.2. The number of hydrogen-bond donors (Lipinski definition) is 1. The van der Waals surface area contributed by atoms with Crippen molar-refractivity contribution in [3.05, 3.63) is 21.9 Å². The van der Waals surface area contributed by atoms with Crippen molar-refractivity contribution >= 4 is 29.0 Å². The maximum absolute atomic E-state index is 12.5. The Morgan fingerprint density at radius 1 is 1.42 bits per heavy atom. The van der Waals surface area contributed by atoms with Crippen LogP contribution in [0, 0.1) is 11.8 Å². The third kappa shape index (κ3) is 4.00. The number of carbonyl (C=O) groups is 1. The van der Waals surface area contributed by atoms with Gasteiger partial charge in [-0.05, 0) is 23.6 Å². The Morgan fingerprint density at radius 2 is 2.32 bits per heavy atom. The Morgan fingerprint density at radius 3 is 3.16 bits per heavy atom. The number of aliphatic hydroxyl groups is 1. The summed E-state index contributed by atoms with van der Waals surface area (Å²) in [6, 6.07) is 1.88. The third-order valence-electron chi connectivity index (χ3n) is 2.83. The topological polar surface area (TPSA) is 40.5 Å². The molecule has 0 atom stereocenters. The average molecular weight is 295 g/mol. The minimum Gasteiger partial charge on any atom is -0.395 e. The van der Waals surface area contributed by atoms with Crippen LogP contribution in [0.5, 0.6) is 0 Å². The van der Waals surface area contributed by atoms with Crippen LogP contribution in [0.25, 0.3) is 0 Å². The molecule has 1 aromatic rings. The molecule has 1 N–H and O–H groups in total. The van der Waals surface area contributed by atoms with Crippen LogP contribution >= 0.6 is 23.1 Å². The van der Waals surface area contributed by atoms with Gasteiger partial charge in [-0.25, -0.2) is 0 Å². The van der Waals surface area contributed by atoms with Gasteiger partial charge in [0.15, 0.2) is 0 Å². The molecule has 5 heteroatoms. The molecule has 0 spiro atoms. The summed E-state index contributed by atoms with van der Waals surface area (Å²) in [5, 5.41) is 10.6. The Balaban J connectivity index is 2.10. The van der Waals surface area contributed by atoms with Crippen LogP contribution < -0.4 is 0 Å². The zero-order valence-corrected chi connectivity index (χ0v) is 12.4. The van der Waals surface area contributed by atoms with Gasteiger partial charge in [0.1, 0.15) is 4.88 Å². The number of aliphatic hydroxyl groups excluding tert-OH is 1. The van der Waals surface area contributed by atoms with Gasteiger partial charge in [0.05, 0.1) is 6.61 Å². The van der Waals surface area contributed by atoms with Crippen LogP contribution in [0.2, 0.25) is 0 Å². The van der Waals surface area contributed by atoms with Crippen molar-refractivity contribution in [1.29, 1.82) is 0 Å². The number of nitrogens with zero attached hydrogens (tertiary/aromatic N) is 1. The van der Waals surface area contributed by atoms with Crippen molar-refractivity contribution in [2.24, 2.45) is 0 Å². The van der Waals surface area contributed by atoms with E-state index in [1.54, 1.807) is 0 Å². The fraction of sp³-hybridized carbons (Fsp3) is 0.500. The smallest absolute Gasteiger partial charge is 0.265 e. The molecule has 2 heterocycles. The predicted molar refractivity (Wildman–Crippen MR) is 80.7 cm³/mol. The molecule has 0 aromatic carbocycles. The first kappa shape index (κ1) is 14.4. The second-order valence-electron chi connectivity index (χ2n) is 4.20. The predicted octanol–water partition coefficient (Wildman–Crippen LogP) is 2.06. The summed E-state index contributed by atoms with van der Waals surface area (Å²) in [7, 11) is 0. The van der Waals surface area contributed by atoms with Crippen molar-refractivity contribution in [2.75, 3.05) is 31.2 Å². The lowest BCUT2D eigenvalue weighted by Crippen LogP contribution is -2.32. The minimum atomic E-state index is 0.0593. The Bertz CT molecular complexity index is 479. The van der Waals surface area contributed by atoms with E-state index in [9.17, 15) is 4.79 Å².